The Morgan fingerprint density at radius 2 is 1.76 bits per heavy atom. The Kier molecular flexibility index (Phi) is 7.03. The Bertz CT molecular complexity index is 1360. The first-order valence-corrected chi connectivity index (χ1v) is 15.4. The van der Waals surface area contributed by atoms with E-state index in [1.165, 1.54) is 41.9 Å². The van der Waals surface area contributed by atoms with Gasteiger partial charge in [0.25, 0.3) is 0 Å². The second-order valence-electron chi connectivity index (χ2n) is 10.6. The number of thiazole rings is 1. The number of hydrogen-bond donors (Lipinski definition) is 1. The number of fused-ring (bicyclic) bond motifs is 6. The molecule has 8 heteroatoms. The van der Waals surface area contributed by atoms with Gasteiger partial charge in [-0.3, -0.25) is 14.2 Å². The van der Waals surface area contributed by atoms with Crippen molar-refractivity contribution >= 4 is 40.4 Å². The highest BCUT2D eigenvalue weighted by Gasteiger charge is 2.55. The lowest BCUT2D eigenvalue weighted by Gasteiger charge is -2.40. The van der Waals surface area contributed by atoms with E-state index in [0.29, 0.717) is 22.8 Å². The fraction of sp³-hybridized carbons (Fsp3) is 0.467. The second kappa shape index (κ2) is 10.5. The van der Waals surface area contributed by atoms with Crippen LogP contribution in [0.4, 0.5) is 11.4 Å². The van der Waals surface area contributed by atoms with Crippen LogP contribution in [-0.2, 0) is 11.3 Å². The number of aromatic nitrogens is 1. The number of carbonyl (C=O) groups excluding carboxylic acids is 1. The van der Waals surface area contributed by atoms with Crippen LogP contribution >= 0.6 is 23.1 Å². The average Bonchev–Trinajstić information content (AvgIpc) is 3.63. The summed E-state index contributed by atoms with van der Waals surface area (Å²) < 4.78 is 6.93. The Morgan fingerprint density at radius 3 is 2.45 bits per heavy atom. The van der Waals surface area contributed by atoms with Crippen molar-refractivity contribution in [3.63, 3.8) is 0 Å². The van der Waals surface area contributed by atoms with E-state index in [-0.39, 0.29) is 23.2 Å². The largest absolute Gasteiger partial charge is 0.497 e. The van der Waals surface area contributed by atoms with E-state index in [1.54, 1.807) is 11.7 Å². The number of anilines is 2. The summed E-state index contributed by atoms with van der Waals surface area (Å²) in [5, 5.41) is 4.47. The minimum atomic E-state index is -0.186. The van der Waals surface area contributed by atoms with E-state index >= 15 is 0 Å². The van der Waals surface area contributed by atoms with Gasteiger partial charge in [-0.15, -0.1) is 11.8 Å². The molecule has 2 aliphatic carbocycles. The van der Waals surface area contributed by atoms with E-state index in [1.807, 2.05) is 36.0 Å². The number of methoxy groups -OCH3 is 1. The molecular formula is C30H35N3O3S2. The van der Waals surface area contributed by atoms with Gasteiger partial charge >= 0.3 is 4.87 Å². The number of thioether (sulfide) groups is 1. The van der Waals surface area contributed by atoms with Crippen molar-refractivity contribution in [1.82, 2.24) is 4.57 Å². The summed E-state index contributed by atoms with van der Waals surface area (Å²) in [4.78, 5) is 29.8. The van der Waals surface area contributed by atoms with Crippen LogP contribution in [0.5, 0.6) is 5.75 Å². The molecule has 5 atom stereocenters. The molecule has 2 saturated carbocycles. The fourth-order valence-corrected chi connectivity index (χ4v) is 10.1. The highest BCUT2D eigenvalue weighted by Crippen LogP contribution is 2.64. The molecule has 2 bridgehead atoms. The zero-order chi connectivity index (χ0) is 26.4. The predicted octanol–water partition coefficient (Wildman–Crippen LogP) is 6.06. The van der Waals surface area contributed by atoms with E-state index < -0.39 is 0 Å². The molecule has 6 rings (SSSR count). The molecule has 4 unspecified atom stereocenters. The predicted molar refractivity (Wildman–Crippen MR) is 156 cm³/mol. The molecule has 1 amide bonds. The lowest BCUT2D eigenvalue weighted by Crippen LogP contribution is -2.35. The van der Waals surface area contributed by atoms with Crippen LogP contribution in [0.2, 0.25) is 0 Å². The highest BCUT2D eigenvalue weighted by molar-refractivity contribution is 8.00. The van der Waals surface area contributed by atoms with Crippen molar-refractivity contribution in [1.29, 1.82) is 0 Å². The van der Waals surface area contributed by atoms with Gasteiger partial charge in [-0.2, -0.15) is 0 Å². The maximum Gasteiger partial charge on any atom is 0.308 e. The van der Waals surface area contributed by atoms with Gasteiger partial charge in [-0.05, 0) is 92.8 Å². The molecule has 6 nitrogen and oxygen atoms in total. The SMILES string of the molecule is CCN(CC)c1ccc([C@H]2c3sc(=O)n(CC(=O)Nc4ccc(OC)cc4)c3SC3C4CCC(C4)C32)cc1. The van der Waals surface area contributed by atoms with Gasteiger partial charge in [0.1, 0.15) is 12.3 Å². The maximum atomic E-state index is 13.3. The number of hydrogen-bond acceptors (Lipinski definition) is 6. The normalized spacial score (nSPS) is 25.1. The third-order valence-electron chi connectivity index (χ3n) is 8.75. The molecule has 0 saturated heterocycles. The molecule has 2 aromatic carbocycles. The number of amides is 1. The standard InChI is InChI=1S/C30H35N3O3S2/c1-4-32(5-2)22-12-8-18(9-13-22)25-26-19-6-7-20(16-19)27(26)37-29-28(25)38-30(35)33(29)17-24(34)31-21-10-14-23(36-3)15-11-21/h8-15,19-20,25-27H,4-7,16-17H2,1-3H3,(H,31,34)/t19?,20?,25-,26?,27?/m1/s1. The molecule has 1 aliphatic heterocycles. The first-order valence-electron chi connectivity index (χ1n) is 13.7. The minimum absolute atomic E-state index is 0.0306. The summed E-state index contributed by atoms with van der Waals surface area (Å²) in [7, 11) is 1.62. The summed E-state index contributed by atoms with van der Waals surface area (Å²) in [6.45, 7) is 6.37. The van der Waals surface area contributed by atoms with Crippen LogP contribution in [0, 0.1) is 17.8 Å². The van der Waals surface area contributed by atoms with Gasteiger partial charge in [-0.25, -0.2) is 0 Å². The third-order valence-corrected chi connectivity index (χ3v) is 11.6. The van der Waals surface area contributed by atoms with Gasteiger partial charge < -0.3 is 15.0 Å². The van der Waals surface area contributed by atoms with Gasteiger partial charge in [-0.1, -0.05) is 23.5 Å². The van der Waals surface area contributed by atoms with Crippen LogP contribution in [0.3, 0.4) is 0 Å². The average molecular weight is 550 g/mol. The molecule has 2 heterocycles. The fourth-order valence-electron chi connectivity index (χ4n) is 6.96. The third kappa shape index (κ3) is 4.45. The van der Waals surface area contributed by atoms with Crippen molar-refractivity contribution in [3.8, 4) is 5.75 Å². The Hall–Kier alpha value is -2.71. The second-order valence-corrected chi connectivity index (χ2v) is 12.8. The van der Waals surface area contributed by atoms with Gasteiger partial charge in [0.15, 0.2) is 0 Å². The summed E-state index contributed by atoms with van der Waals surface area (Å²) in [5.41, 5.74) is 3.25. The van der Waals surface area contributed by atoms with Gasteiger partial charge in [0.2, 0.25) is 5.91 Å². The maximum absolute atomic E-state index is 13.3. The van der Waals surface area contributed by atoms with E-state index in [4.69, 9.17) is 4.74 Å². The number of nitrogens with zero attached hydrogens (tertiary/aromatic N) is 2. The summed E-state index contributed by atoms with van der Waals surface area (Å²) in [6, 6.07) is 16.3. The zero-order valence-corrected chi connectivity index (χ0v) is 23.8. The van der Waals surface area contributed by atoms with Crippen molar-refractivity contribution < 1.29 is 9.53 Å². The summed E-state index contributed by atoms with van der Waals surface area (Å²) >= 11 is 3.22. The molecule has 1 aromatic heterocycles. The molecule has 200 valence electrons. The van der Waals surface area contributed by atoms with Crippen molar-refractivity contribution in [2.24, 2.45) is 17.8 Å². The molecule has 38 heavy (non-hydrogen) atoms. The summed E-state index contributed by atoms with van der Waals surface area (Å²) in [5.74, 6) is 2.76. The van der Waals surface area contributed by atoms with Gasteiger partial charge in [0, 0.05) is 40.5 Å². The van der Waals surface area contributed by atoms with E-state index in [0.717, 1.165) is 34.7 Å². The van der Waals surface area contributed by atoms with Crippen molar-refractivity contribution in [3.05, 3.63) is 68.6 Å². The van der Waals surface area contributed by atoms with Crippen LogP contribution in [0.25, 0.3) is 0 Å². The number of carbonyl (C=O) groups is 1. The van der Waals surface area contributed by atoms with Crippen LogP contribution in [0.1, 0.15) is 49.5 Å². The van der Waals surface area contributed by atoms with Crippen LogP contribution < -0.4 is 19.8 Å². The first kappa shape index (κ1) is 25.6. The van der Waals surface area contributed by atoms with Gasteiger partial charge in [0.05, 0.1) is 12.1 Å². The van der Waals surface area contributed by atoms with E-state index in [2.05, 4.69) is 48.3 Å². The lowest BCUT2D eigenvalue weighted by molar-refractivity contribution is -0.116. The van der Waals surface area contributed by atoms with Crippen molar-refractivity contribution in [2.75, 3.05) is 30.4 Å². The quantitative estimate of drug-likeness (QED) is 0.370. The van der Waals surface area contributed by atoms with Crippen LogP contribution in [-0.4, -0.2) is 35.9 Å². The number of nitrogens with one attached hydrogen (secondary N) is 1. The van der Waals surface area contributed by atoms with Crippen LogP contribution in [0.15, 0.2) is 58.4 Å². The lowest BCUT2D eigenvalue weighted by atomic mass is 9.75. The number of benzene rings is 2. The smallest absolute Gasteiger partial charge is 0.308 e. The van der Waals surface area contributed by atoms with E-state index in [9.17, 15) is 9.59 Å². The molecular weight excluding hydrogens is 514 g/mol. The first-order chi connectivity index (χ1) is 18.5. The Labute approximate surface area is 232 Å². The molecule has 3 aliphatic rings. The van der Waals surface area contributed by atoms with Crippen molar-refractivity contribution in [2.45, 2.75) is 55.8 Å². The summed E-state index contributed by atoms with van der Waals surface area (Å²) in [6.07, 6.45) is 3.89. The zero-order valence-electron chi connectivity index (χ0n) is 22.2. The number of rotatable bonds is 8. The minimum Gasteiger partial charge on any atom is -0.497 e. The molecule has 1 N–H and O–H groups in total. The Morgan fingerprint density at radius 1 is 1.05 bits per heavy atom. The molecule has 0 spiro atoms. The molecule has 0 radical (unpaired) electrons. The monoisotopic (exact) mass is 549 g/mol. The number of ether oxygens (including phenoxy) is 1. The molecule has 2 fully saturated rings. The topological polar surface area (TPSA) is 63.6 Å². The Balaban J connectivity index is 1.32. The highest BCUT2D eigenvalue weighted by atomic mass is 32.2. The molecule has 3 aromatic rings.